The minimum absolute atomic E-state index is 0.0660. The van der Waals surface area contributed by atoms with E-state index in [1.807, 2.05) is 30.7 Å². The molecule has 0 aliphatic heterocycles. The summed E-state index contributed by atoms with van der Waals surface area (Å²) in [6.45, 7) is 6.92. The highest BCUT2D eigenvalue weighted by molar-refractivity contribution is 9.10. The molecule has 5 heteroatoms. The van der Waals surface area contributed by atoms with E-state index in [1.165, 1.54) is 0 Å². The maximum absolute atomic E-state index is 6.34. The molecule has 0 saturated carbocycles. The summed E-state index contributed by atoms with van der Waals surface area (Å²) in [4.78, 5) is 0. The topological polar surface area (TPSA) is 43.8 Å². The molecule has 2 N–H and O–H groups in total. The number of aromatic nitrogens is 2. The molecular weight excluding hydrogens is 338 g/mol. The van der Waals surface area contributed by atoms with Crippen molar-refractivity contribution in [3.63, 3.8) is 0 Å². The van der Waals surface area contributed by atoms with Gasteiger partial charge in [0.25, 0.3) is 0 Å². The van der Waals surface area contributed by atoms with Gasteiger partial charge in [-0.3, -0.25) is 4.68 Å². The maximum Gasteiger partial charge on any atom is 0.0738 e. The highest BCUT2D eigenvalue weighted by atomic mass is 79.9. The first-order chi connectivity index (χ1) is 9.43. The quantitative estimate of drug-likeness (QED) is 0.893. The number of aryl methyl sites for hydroxylation is 3. The third kappa shape index (κ3) is 3.08. The highest BCUT2D eigenvalue weighted by Gasteiger charge is 2.16. The minimum Gasteiger partial charge on any atom is -0.324 e. The van der Waals surface area contributed by atoms with Crippen LogP contribution in [0.1, 0.15) is 35.5 Å². The van der Waals surface area contributed by atoms with Crippen LogP contribution in [0, 0.1) is 13.8 Å². The fraction of sp³-hybridized carbons (Fsp3) is 0.400. The summed E-state index contributed by atoms with van der Waals surface area (Å²) in [5.74, 6) is 0. The van der Waals surface area contributed by atoms with Crippen molar-refractivity contribution in [1.82, 2.24) is 9.78 Å². The van der Waals surface area contributed by atoms with Gasteiger partial charge in [0.1, 0.15) is 0 Å². The minimum atomic E-state index is -0.0660. The second-order valence-corrected chi connectivity index (χ2v) is 6.18. The summed E-state index contributed by atoms with van der Waals surface area (Å²) in [5, 5.41) is 5.27. The van der Waals surface area contributed by atoms with Gasteiger partial charge < -0.3 is 5.73 Å². The Labute approximate surface area is 133 Å². The predicted molar refractivity (Wildman–Crippen MR) is 87.2 cm³/mol. The molecule has 1 atom stereocenters. The number of hydrogen-bond donors (Lipinski definition) is 1. The van der Waals surface area contributed by atoms with Gasteiger partial charge in [-0.25, -0.2) is 0 Å². The third-order valence-corrected chi connectivity index (χ3v) is 4.93. The standard InChI is InChI=1S/C15H19BrClN3/c1-4-20-14(15(16)10(3)19-20)8-13(18)11-5-6-12(17)9(2)7-11/h5-7,13H,4,8,18H2,1-3H3. The van der Waals surface area contributed by atoms with Crippen molar-refractivity contribution >= 4 is 27.5 Å². The molecular formula is C15H19BrClN3. The number of benzene rings is 1. The number of rotatable bonds is 4. The molecule has 1 heterocycles. The molecule has 2 aromatic rings. The lowest BCUT2D eigenvalue weighted by atomic mass is 10.0. The molecule has 3 nitrogen and oxygen atoms in total. The van der Waals surface area contributed by atoms with Crippen LogP contribution < -0.4 is 5.73 Å². The van der Waals surface area contributed by atoms with Crippen LogP contribution in [-0.2, 0) is 13.0 Å². The van der Waals surface area contributed by atoms with Crippen LogP contribution in [0.5, 0.6) is 0 Å². The number of hydrogen-bond acceptors (Lipinski definition) is 2. The second-order valence-electron chi connectivity index (χ2n) is 4.98. The summed E-state index contributed by atoms with van der Waals surface area (Å²) < 4.78 is 3.06. The van der Waals surface area contributed by atoms with Crippen molar-refractivity contribution in [1.29, 1.82) is 0 Å². The zero-order valence-electron chi connectivity index (χ0n) is 12.0. The number of halogens is 2. The van der Waals surface area contributed by atoms with Crippen LogP contribution in [0.4, 0.5) is 0 Å². The molecule has 2 rings (SSSR count). The SMILES string of the molecule is CCn1nc(C)c(Br)c1CC(N)c1ccc(Cl)c(C)c1. The lowest BCUT2D eigenvalue weighted by molar-refractivity contribution is 0.586. The molecule has 1 aromatic carbocycles. The van der Waals surface area contributed by atoms with Gasteiger partial charge in [0.05, 0.1) is 15.9 Å². The van der Waals surface area contributed by atoms with Crippen molar-refractivity contribution < 1.29 is 0 Å². The molecule has 0 fully saturated rings. The van der Waals surface area contributed by atoms with Gasteiger partial charge in [0.2, 0.25) is 0 Å². The molecule has 0 spiro atoms. The Hall–Kier alpha value is -0.840. The lowest BCUT2D eigenvalue weighted by Gasteiger charge is -2.14. The first-order valence-electron chi connectivity index (χ1n) is 6.67. The van der Waals surface area contributed by atoms with Gasteiger partial charge >= 0.3 is 0 Å². The van der Waals surface area contributed by atoms with Crippen LogP contribution in [0.3, 0.4) is 0 Å². The Kier molecular flexibility index (Phi) is 4.89. The van der Waals surface area contributed by atoms with Crippen molar-refractivity contribution in [3.8, 4) is 0 Å². The van der Waals surface area contributed by atoms with Gasteiger partial charge in [-0.2, -0.15) is 5.10 Å². The fourth-order valence-corrected chi connectivity index (χ4v) is 2.85. The molecule has 0 radical (unpaired) electrons. The van der Waals surface area contributed by atoms with Crippen molar-refractivity contribution in [3.05, 3.63) is 50.2 Å². The zero-order valence-corrected chi connectivity index (χ0v) is 14.3. The van der Waals surface area contributed by atoms with Gasteiger partial charge in [-0.1, -0.05) is 23.7 Å². The van der Waals surface area contributed by atoms with E-state index in [9.17, 15) is 0 Å². The fourth-order valence-electron chi connectivity index (χ4n) is 2.29. The molecule has 0 aliphatic rings. The molecule has 0 aliphatic carbocycles. The van der Waals surface area contributed by atoms with E-state index in [-0.39, 0.29) is 6.04 Å². The molecule has 1 aromatic heterocycles. The van der Waals surface area contributed by atoms with E-state index in [0.29, 0.717) is 0 Å². The Morgan fingerprint density at radius 2 is 2.10 bits per heavy atom. The molecule has 1 unspecified atom stereocenters. The smallest absolute Gasteiger partial charge is 0.0738 e. The van der Waals surface area contributed by atoms with Gasteiger partial charge in [0.15, 0.2) is 0 Å². The molecule has 20 heavy (non-hydrogen) atoms. The lowest BCUT2D eigenvalue weighted by Crippen LogP contribution is -2.16. The molecule has 108 valence electrons. The Morgan fingerprint density at radius 3 is 2.70 bits per heavy atom. The Balaban J connectivity index is 2.27. The number of nitrogens with zero attached hydrogens (tertiary/aromatic N) is 2. The van der Waals surface area contributed by atoms with Crippen LogP contribution in [0.2, 0.25) is 5.02 Å². The third-order valence-electron chi connectivity index (χ3n) is 3.48. The van der Waals surface area contributed by atoms with E-state index in [1.54, 1.807) is 0 Å². The van der Waals surface area contributed by atoms with E-state index < -0.39 is 0 Å². The molecule has 0 bridgehead atoms. The van der Waals surface area contributed by atoms with Gasteiger partial charge in [-0.05, 0) is 53.9 Å². The predicted octanol–water partition coefficient (Wildman–Crippen LogP) is 4.18. The van der Waals surface area contributed by atoms with Crippen LogP contribution in [0.15, 0.2) is 22.7 Å². The molecule has 0 saturated heterocycles. The Morgan fingerprint density at radius 1 is 1.40 bits per heavy atom. The van der Waals surface area contributed by atoms with Crippen molar-refractivity contribution in [2.24, 2.45) is 5.73 Å². The zero-order chi connectivity index (χ0) is 14.9. The normalized spacial score (nSPS) is 12.7. The second kappa shape index (κ2) is 6.29. The van der Waals surface area contributed by atoms with Crippen LogP contribution in [0.25, 0.3) is 0 Å². The van der Waals surface area contributed by atoms with Crippen LogP contribution in [-0.4, -0.2) is 9.78 Å². The first-order valence-corrected chi connectivity index (χ1v) is 7.84. The van der Waals surface area contributed by atoms with E-state index >= 15 is 0 Å². The van der Waals surface area contributed by atoms with Gasteiger partial charge in [0, 0.05) is 24.0 Å². The van der Waals surface area contributed by atoms with E-state index in [0.717, 1.165) is 45.0 Å². The van der Waals surface area contributed by atoms with Crippen molar-refractivity contribution in [2.75, 3.05) is 0 Å². The summed E-state index contributed by atoms with van der Waals surface area (Å²) in [7, 11) is 0. The first kappa shape index (κ1) is 15.5. The maximum atomic E-state index is 6.34. The summed E-state index contributed by atoms with van der Waals surface area (Å²) in [6, 6.07) is 5.89. The highest BCUT2D eigenvalue weighted by Crippen LogP contribution is 2.27. The van der Waals surface area contributed by atoms with Crippen LogP contribution >= 0.6 is 27.5 Å². The Bertz CT molecular complexity index is 622. The monoisotopic (exact) mass is 355 g/mol. The average Bonchev–Trinajstić information content (AvgIpc) is 2.69. The van der Waals surface area contributed by atoms with E-state index in [2.05, 4.69) is 34.0 Å². The summed E-state index contributed by atoms with van der Waals surface area (Å²) in [6.07, 6.45) is 0.746. The van der Waals surface area contributed by atoms with Crippen molar-refractivity contribution in [2.45, 2.75) is 39.8 Å². The largest absolute Gasteiger partial charge is 0.324 e. The van der Waals surface area contributed by atoms with Gasteiger partial charge in [-0.15, -0.1) is 0 Å². The number of nitrogens with two attached hydrogens (primary N) is 1. The summed E-state index contributed by atoms with van der Waals surface area (Å²) >= 11 is 9.67. The summed E-state index contributed by atoms with van der Waals surface area (Å²) in [5.41, 5.74) is 10.6. The average molecular weight is 357 g/mol. The molecule has 0 amide bonds. The van der Waals surface area contributed by atoms with E-state index in [4.69, 9.17) is 17.3 Å².